The zero-order chi connectivity index (χ0) is 24.1. The Bertz CT molecular complexity index is 1240. The summed E-state index contributed by atoms with van der Waals surface area (Å²) >= 11 is 3.51. The van der Waals surface area contributed by atoms with Crippen molar-refractivity contribution in [1.82, 2.24) is 0 Å². The monoisotopic (exact) mass is 513 g/mol. The van der Waals surface area contributed by atoms with Gasteiger partial charge in [-0.25, -0.2) is 0 Å². The fraction of sp³-hybridized carbons (Fsp3) is 0.172. The summed E-state index contributed by atoms with van der Waals surface area (Å²) in [5.74, 6) is -0.122. The summed E-state index contributed by atoms with van der Waals surface area (Å²) in [6.45, 7) is 8.17. The van der Waals surface area contributed by atoms with Gasteiger partial charge in [0.05, 0.1) is 17.0 Å². The van der Waals surface area contributed by atoms with Gasteiger partial charge in [0.25, 0.3) is 5.91 Å². The molecule has 3 aromatic carbocycles. The van der Waals surface area contributed by atoms with Gasteiger partial charge in [-0.05, 0) is 73.9 Å². The number of para-hydroxylation sites is 1. The lowest BCUT2D eigenvalue weighted by Crippen LogP contribution is -2.22. The van der Waals surface area contributed by atoms with Crippen LogP contribution in [0.5, 0.6) is 0 Å². The second-order valence-corrected chi connectivity index (χ2v) is 8.95. The molecule has 4 rings (SSSR count). The smallest absolute Gasteiger partial charge is 0.281 e. The van der Waals surface area contributed by atoms with E-state index in [1.165, 1.54) is 10.7 Å². The molecule has 0 unspecified atom stereocenters. The molecule has 0 aliphatic carbocycles. The summed E-state index contributed by atoms with van der Waals surface area (Å²) in [7, 11) is 0. The van der Waals surface area contributed by atoms with Crippen molar-refractivity contribution in [2.75, 3.05) is 23.0 Å². The number of anilines is 2. The standard InChI is InChI=1S/C29H28BrN3O/c1-4-32(5-2)25-18-11-22(12-19-25)13-20-27(23-14-16-24(30)17-15-23)28-21(3)31-33(29(28)34)26-9-7-6-8-10-26/h6-20H,4-5H2,1-3H3/b20-13+,28-27+. The number of hydrogen-bond donors (Lipinski definition) is 0. The molecule has 1 heterocycles. The predicted molar refractivity (Wildman–Crippen MR) is 147 cm³/mol. The quantitative estimate of drug-likeness (QED) is 0.313. The molecule has 1 amide bonds. The zero-order valence-electron chi connectivity index (χ0n) is 19.7. The summed E-state index contributed by atoms with van der Waals surface area (Å²) in [4.78, 5) is 15.8. The van der Waals surface area contributed by atoms with E-state index in [2.05, 4.69) is 70.1 Å². The fourth-order valence-corrected chi connectivity index (χ4v) is 4.34. The van der Waals surface area contributed by atoms with Gasteiger partial charge in [0.1, 0.15) is 0 Å². The van der Waals surface area contributed by atoms with Crippen LogP contribution in [0, 0.1) is 0 Å². The first kappa shape index (κ1) is 23.7. The average Bonchev–Trinajstić information content (AvgIpc) is 3.16. The Morgan fingerprint density at radius 2 is 1.59 bits per heavy atom. The number of amides is 1. The SMILES string of the molecule is CCN(CC)c1ccc(/C=C/C(=C2\C(=O)N(c3ccccc3)N=C2C)c2ccc(Br)cc2)cc1. The minimum Gasteiger partial charge on any atom is -0.372 e. The molecular formula is C29H28BrN3O. The number of carbonyl (C=O) groups is 1. The number of hydrazone groups is 1. The molecule has 0 saturated heterocycles. The lowest BCUT2D eigenvalue weighted by molar-refractivity contribution is -0.114. The number of halogens is 1. The Hall–Kier alpha value is -3.44. The molecule has 0 spiro atoms. The number of allylic oxidation sites excluding steroid dienone is 2. The molecule has 0 radical (unpaired) electrons. The molecule has 0 saturated carbocycles. The van der Waals surface area contributed by atoms with E-state index in [-0.39, 0.29) is 5.91 Å². The van der Waals surface area contributed by atoms with E-state index < -0.39 is 0 Å². The number of hydrogen-bond acceptors (Lipinski definition) is 3. The Labute approximate surface area is 210 Å². The van der Waals surface area contributed by atoms with Gasteiger partial charge in [0, 0.05) is 23.2 Å². The molecule has 0 fully saturated rings. The Morgan fingerprint density at radius 1 is 0.941 bits per heavy atom. The summed E-state index contributed by atoms with van der Waals surface area (Å²) in [6, 6.07) is 26.1. The Balaban J connectivity index is 1.74. The highest BCUT2D eigenvalue weighted by molar-refractivity contribution is 9.10. The van der Waals surface area contributed by atoms with Crippen molar-refractivity contribution in [2.24, 2.45) is 5.10 Å². The third-order valence-corrected chi connectivity index (χ3v) is 6.44. The highest BCUT2D eigenvalue weighted by atomic mass is 79.9. The van der Waals surface area contributed by atoms with Crippen molar-refractivity contribution in [3.63, 3.8) is 0 Å². The van der Waals surface area contributed by atoms with E-state index in [9.17, 15) is 4.79 Å². The molecule has 0 bridgehead atoms. The number of rotatable bonds is 7. The van der Waals surface area contributed by atoms with Crippen LogP contribution in [0.25, 0.3) is 11.6 Å². The van der Waals surface area contributed by atoms with Gasteiger partial charge in [0.2, 0.25) is 0 Å². The predicted octanol–water partition coefficient (Wildman–Crippen LogP) is 7.19. The van der Waals surface area contributed by atoms with Gasteiger partial charge in [-0.1, -0.05) is 70.5 Å². The molecule has 3 aromatic rings. The molecule has 34 heavy (non-hydrogen) atoms. The second kappa shape index (κ2) is 10.7. The highest BCUT2D eigenvalue weighted by Crippen LogP contribution is 2.31. The van der Waals surface area contributed by atoms with Crippen LogP contribution in [0.15, 0.2) is 100 Å². The van der Waals surface area contributed by atoms with Crippen molar-refractivity contribution in [3.8, 4) is 0 Å². The van der Waals surface area contributed by atoms with Crippen LogP contribution in [0.1, 0.15) is 31.9 Å². The number of nitrogens with zero attached hydrogens (tertiary/aromatic N) is 3. The van der Waals surface area contributed by atoms with Crippen LogP contribution < -0.4 is 9.91 Å². The first-order valence-corrected chi connectivity index (χ1v) is 12.3. The Kier molecular flexibility index (Phi) is 7.43. The maximum atomic E-state index is 13.5. The molecule has 172 valence electrons. The third-order valence-electron chi connectivity index (χ3n) is 5.91. The van der Waals surface area contributed by atoms with Gasteiger partial charge in [-0.15, -0.1) is 0 Å². The van der Waals surface area contributed by atoms with E-state index >= 15 is 0 Å². The molecular weight excluding hydrogens is 486 g/mol. The van der Waals surface area contributed by atoms with Gasteiger partial charge in [-0.2, -0.15) is 10.1 Å². The average molecular weight is 514 g/mol. The molecule has 1 aliphatic heterocycles. The van der Waals surface area contributed by atoms with Crippen LogP contribution >= 0.6 is 15.9 Å². The van der Waals surface area contributed by atoms with E-state index in [1.807, 2.05) is 67.6 Å². The molecule has 0 aromatic heterocycles. The summed E-state index contributed by atoms with van der Waals surface area (Å²) < 4.78 is 0.991. The minimum atomic E-state index is -0.122. The van der Waals surface area contributed by atoms with Crippen LogP contribution in [0.2, 0.25) is 0 Å². The summed E-state index contributed by atoms with van der Waals surface area (Å²) in [6.07, 6.45) is 4.08. The number of carbonyl (C=O) groups excluding carboxylic acids is 1. The van der Waals surface area contributed by atoms with Gasteiger partial charge in [0.15, 0.2) is 0 Å². The minimum absolute atomic E-state index is 0.122. The van der Waals surface area contributed by atoms with Crippen LogP contribution in [0.3, 0.4) is 0 Å². The van der Waals surface area contributed by atoms with E-state index in [0.717, 1.165) is 39.9 Å². The van der Waals surface area contributed by atoms with Gasteiger partial charge < -0.3 is 4.90 Å². The van der Waals surface area contributed by atoms with Crippen molar-refractivity contribution in [3.05, 3.63) is 106 Å². The molecule has 4 nitrogen and oxygen atoms in total. The molecule has 0 N–H and O–H groups in total. The van der Waals surface area contributed by atoms with Gasteiger partial charge in [-0.3, -0.25) is 4.79 Å². The van der Waals surface area contributed by atoms with E-state index in [1.54, 1.807) is 0 Å². The van der Waals surface area contributed by atoms with Crippen molar-refractivity contribution in [2.45, 2.75) is 20.8 Å². The third kappa shape index (κ3) is 5.05. The van der Waals surface area contributed by atoms with E-state index in [4.69, 9.17) is 0 Å². The topological polar surface area (TPSA) is 35.9 Å². The molecule has 5 heteroatoms. The molecule has 0 atom stereocenters. The van der Waals surface area contributed by atoms with E-state index in [0.29, 0.717) is 11.3 Å². The Morgan fingerprint density at radius 3 is 2.21 bits per heavy atom. The first-order chi connectivity index (χ1) is 16.5. The van der Waals surface area contributed by atoms with Crippen LogP contribution in [-0.2, 0) is 4.79 Å². The maximum absolute atomic E-state index is 13.5. The maximum Gasteiger partial charge on any atom is 0.281 e. The fourth-order valence-electron chi connectivity index (χ4n) is 4.08. The van der Waals surface area contributed by atoms with Gasteiger partial charge >= 0.3 is 0 Å². The summed E-state index contributed by atoms with van der Waals surface area (Å²) in [5, 5.41) is 6.07. The highest BCUT2D eigenvalue weighted by Gasteiger charge is 2.31. The zero-order valence-corrected chi connectivity index (χ0v) is 21.3. The van der Waals surface area contributed by atoms with Crippen molar-refractivity contribution >= 4 is 50.6 Å². The molecule has 1 aliphatic rings. The lowest BCUT2D eigenvalue weighted by Gasteiger charge is -2.20. The second-order valence-electron chi connectivity index (χ2n) is 8.03. The van der Waals surface area contributed by atoms with Crippen LogP contribution in [0.4, 0.5) is 11.4 Å². The first-order valence-electron chi connectivity index (χ1n) is 11.5. The largest absolute Gasteiger partial charge is 0.372 e. The van der Waals surface area contributed by atoms with Crippen molar-refractivity contribution in [1.29, 1.82) is 0 Å². The number of benzene rings is 3. The van der Waals surface area contributed by atoms with Crippen LogP contribution in [-0.4, -0.2) is 24.7 Å². The summed E-state index contributed by atoms with van der Waals surface area (Å²) in [5.41, 5.74) is 6.17. The van der Waals surface area contributed by atoms with Crippen molar-refractivity contribution < 1.29 is 4.79 Å². The lowest BCUT2D eigenvalue weighted by atomic mass is 9.96. The normalized spacial score (nSPS) is 15.1.